The lowest BCUT2D eigenvalue weighted by molar-refractivity contribution is -0.123. The molecule has 1 amide bonds. The number of benzene rings is 2. The molecular weight excluding hydrogens is 383 g/mol. The normalized spacial score (nSPS) is 12.0. The molecule has 3 aromatic rings. The first-order chi connectivity index (χ1) is 11.9. The number of aromatic nitrogens is 1. The number of rotatable bonds is 4. The van der Waals surface area contributed by atoms with Gasteiger partial charge in [0, 0.05) is 5.02 Å². The van der Waals surface area contributed by atoms with Gasteiger partial charge in [0.1, 0.15) is 0 Å². The van der Waals surface area contributed by atoms with Crippen LogP contribution in [0.25, 0.3) is 10.2 Å². The molecule has 0 aliphatic heterocycles. The van der Waals surface area contributed by atoms with Gasteiger partial charge in [-0.25, -0.2) is 9.78 Å². The van der Waals surface area contributed by atoms with E-state index in [0.717, 1.165) is 10.2 Å². The second-order valence-electron chi connectivity index (χ2n) is 5.20. The number of thiazole rings is 1. The molecule has 0 saturated heterocycles. The van der Waals surface area contributed by atoms with Crippen LogP contribution in [-0.2, 0) is 9.53 Å². The van der Waals surface area contributed by atoms with Crippen LogP contribution in [0.3, 0.4) is 0 Å². The maximum absolute atomic E-state index is 12.2. The molecule has 2 aromatic carbocycles. The maximum atomic E-state index is 12.2. The van der Waals surface area contributed by atoms with Crippen molar-refractivity contribution in [2.24, 2.45) is 0 Å². The summed E-state index contributed by atoms with van der Waals surface area (Å²) in [4.78, 5) is 28.6. The fourth-order valence-electron chi connectivity index (χ4n) is 2.09. The second-order valence-corrected chi connectivity index (χ2v) is 6.93. The lowest BCUT2D eigenvalue weighted by atomic mass is 10.2. The van der Waals surface area contributed by atoms with Crippen LogP contribution in [0.5, 0.6) is 0 Å². The summed E-state index contributed by atoms with van der Waals surface area (Å²) < 4.78 is 6.10. The van der Waals surface area contributed by atoms with Gasteiger partial charge in [0.2, 0.25) is 0 Å². The summed E-state index contributed by atoms with van der Waals surface area (Å²) in [5.74, 6) is -1.09. The van der Waals surface area contributed by atoms with E-state index in [4.69, 9.17) is 27.9 Å². The minimum absolute atomic E-state index is 0.340. The average molecular weight is 395 g/mol. The van der Waals surface area contributed by atoms with Gasteiger partial charge in [0.15, 0.2) is 6.10 Å². The molecule has 0 aliphatic rings. The molecule has 25 heavy (non-hydrogen) atoms. The Labute approximate surface area is 157 Å². The van der Waals surface area contributed by atoms with E-state index in [1.807, 2.05) is 0 Å². The number of carbonyl (C=O) groups is 2. The number of esters is 1. The van der Waals surface area contributed by atoms with Crippen LogP contribution in [0.15, 0.2) is 41.9 Å². The van der Waals surface area contributed by atoms with Gasteiger partial charge in [-0.3, -0.25) is 4.79 Å². The number of halogens is 2. The number of hydrogen-bond donors (Lipinski definition) is 1. The second kappa shape index (κ2) is 7.39. The standard InChI is InChI=1S/C17H12Cl2N2O3S/c1-9(16(22)21-14-7-11(18)3-4-12(14)19)24-17(23)10-2-5-13-15(6-10)25-8-20-13/h2-9H,1H3,(H,21,22). The van der Waals surface area contributed by atoms with Crippen molar-refractivity contribution in [3.05, 3.63) is 57.5 Å². The van der Waals surface area contributed by atoms with E-state index in [-0.39, 0.29) is 0 Å². The van der Waals surface area contributed by atoms with E-state index in [2.05, 4.69) is 10.3 Å². The SMILES string of the molecule is CC(OC(=O)c1ccc2ncsc2c1)C(=O)Nc1cc(Cl)ccc1Cl. The van der Waals surface area contributed by atoms with E-state index < -0.39 is 18.0 Å². The predicted octanol–water partition coefficient (Wildman–Crippen LogP) is 4.79. The van der Waals surface area contributed by atoms with E-state index in [9.17, 15) is 9.59 Å². The van der Waals surface area contributed by atoms with E-state index in [1.54, 1.807) is 35.8 Å². The summed E-state index contributed by atoms with van der Waals surface area (Å²) in [5.41, 5.74) is 3.22. The number of hydrogen-bond acceptors (Lipinski definition) is 5. The minimum Gasteiger partial charge on any atom is -0.449 e. The summed E-state index contributed by atoms with van der Waals surface area (Å²) in [5, 5.41) is 3.36. The van der Waals surface area contributed by atoms with Crippen molar-refractivity contribution in [2.75, 3.05) is 5.32 Å². The zero-order chi connectivity index (χ0) is 18.0. The number of anilines is 1. The molecule has 0 spiro atoms. The molecule has 1 unspecified atom stereocenters. The molecule has 3 rings (SSSR count). The van der Waals surface area contributed by atoms with Gasteiger partial charge < -0.3 is 10.1 Å². The Hall–Kier alpha value is -2.15. The lowest BCUT2D eigenvalue weighted by Gasteiger charge is -2.14. The van der Waals surface area contributed by atoms with Crippen molar-refractivity contribution in [1.82, 2.24) is 4.98 Å². The van der Waals surface area contributed by atoms with Gasteiger partial charge >= 0.3 is 5.97 Å². The van der Waals surface area contributed by atoms with Gasteiger partial charge in [-0.15, -0.1) is 11.3 Å². The molecule has 0 aliphatic carbocycles. The molecule has 1 heterocycles. The highest BCUT2D eigenvalue weighted by Crippen LogP contribution is 2.26. The molecule has 5 nitrogen and oxygen atoms in total. The van der Waals surface area contributed by atoms with E-state index in [1.165, 1.54) is 24.3 Å². The molecule has 0 radical (unpaired) electrons. The Kier molecular flexibility index (Phi) is 5.22. The topological polar surface area (TPSA) is 68.3 Å². The smallest absolute Gasteiger partial charge is 0.338 e. The number of nitrogens with one attached hydrogen (secondary N) is 1. The molecule has 1 atom stereocenters. The molecule has 0 fully saturated rings. The Morgan fingerprint density at radius 2 is 2.00 bits per heavy atom. The quantitative estimate of drug-likeness (QED) is 0.646. The third kappa shape index (κ3) is 4.10. The van der Waals surface area contributed by atoms with Crippen molar-refractivity contribution < 1.29 is 14.3 Å². The van der Waals surface area contributed by atoms with Crippen LogP contribution in [0.4, 0.5) is 5.69 Å². The monoisotopic (exact) mass is 394 g/mol. The molecule has 8 heteroatoms. The van der Waals surface area contributed by atoms with Gasteiger partial charge in [-0.2, -0.15) is 0 Å². The highest BCUT2D eigenvalue weighted by molar-refractivity contribution is 7.16. The number of carbonyl (C=O) groups excluding carboxylic acids is 2. The summed E-state index contributed by atoms with van der Waals surface area (Å²) in [6.45, 7) is 1.48. The van der Waals surface area contributed by atoms with Crippen LogP contribution < -0.4 is 5.32 Å². The van der Waals surface area contributed by atoms with Gasteiger partial charge in [-0.05, 0) is 43.3 Å². The van der Waals surface area contributed by atoms with Crippen LogP contribution in [0.2, 0.25) is 10.0 Å². The van der Waals surface area contributed by atoms with Crippen molar-refractivity contribution in [3.63, 3.8) is 0 Å². The van der Waals surface area contributed by atoms with Crippen molar-refractivity contribution in [1.29, 1.82) is 0 Å². The number of fused-ring (bicyclic) bond motifs is 1. The molecular formula is C17H12Cl2N2O3S. The fraction of sp³-hybridized carbons (Fsp3) is 0.118. The molecule has 0 bridgehead atoms. The number of amides is 1. The van der Waals surface area contributed by atoms with Crippen molar-refractivity contribution >= 4 is 62.3 Å². The number of nitrogens with zero attached hydrogens (tertiary/aromatic N) is 1. The van der Waals surface area contributed by atoms with Gasteiger partial charge in [0.05, 0.1) is 32.0 Å². The van der Waals surface area contributed by atoms with E-state index >= 15 is 0 Å². The lowest BCUT2D eigenvalue weighted by Crippen LogP contribution is -2.30. The van der Waals surface area contributed by atoms with Crippen molar-refractivity contribution in [2.45, 2.75) is 13.0 Å². The third-order valence-corrected chi connectivity index (χ3v) is 4.76. The summed E-state index contributed by atoms with van der Waals surface area (Å²) >= 11 is 13.3. The molecule has 0 saturated carbocycles. The van der Waals surface area contributed by atoms with Crippen LogP contribution >= 0.6 is 34.5 Å². The zero-order valence-electron chi connectivity index (χ0n) is 13.0. The summed E-state index contributed by atoms with van der Waals surface area (Å²) in [6.07, 6.45) is -1.00. The van der Waals surface area contributed by atoms with Gasteiger partial charge in [0.25, 0.3) is 5.91 Å². The molecule has 1 aromatic heterocycles. The van der Waals surface area contributed by atoms with Gasteiger partial charge in [-0.1, -0.05) is 23.2 Å². The Bertz CT molecular complexity index is 958. The molecule has 128 valence electrons. The maximum Gasteiger partial charge on any atom is 0.338 e. The highest BCUT2D eigenvalue weighted by atomic mass is 35.5. The minimum atomic E-state index is -1.00. The zero-order valence-corrected chi connectivity index (χ0v) is 15.3. The van der Waals surface area contributed by atoms with Crippen molar-refractivity contribution in [3.8, 4) is 0 Å². The Morgan fingerprint density at radius 1 is 1.20 bits per heavy atom. The first kappa shape index (κ1) is 17.7. The third-order valence-electron chi connectivity index (χ3n) is 3.41. The highest BCUT2D eigenvalue weighted by Gasteiger charge is 2.20. The first-order valence-corrected chi connectivity index (χ1v) is 8.88. The Balaban J connectivity index is 1.68. The summed E-state index contributed by atoms with van der Waals surface area (Å²) in [7, 11) is 0. The van der Waals surface area contributed by atoms with Crippen LogP contribution in [0, 0.1) is 0 Å². The Morgan fingerprint density at radius 3 is 2.80 bits per heavy atom. The average Bonchev–Trinajstić information content (AvgIpc) is 3.05. The molecule has 1 N–H and O–H groups in total. The van der Waals surface area contributed by atoms with E-state index in [0.29, 0.717) is 21.3 Å². The van der Waals surface area contributed by atoms with Crippen LogP contribution in [0.1, 0.15) is 17.3 Å². The fourth-order valence-corrected chi connectivity index (χ4v) is 3.15. The summed E-state index contributed by atoms with van der Waals surface area (Å²) in [6, 6.07) is 9.74. The predicted molar refractivity (Wildman–Crippen MR) is 99.6 cm³/mol. The first-order valence-electron chi connectivity index (χ1n) is 7.24. The number of ether oxygens (including phenoxy) is 1. The van der Waals surface area contributed by atoms with Crippen LogP contribution in [-0.4, -0.2) is 23.0 Å². The largest absolute Gasteiger partial charge is 0.449 e.